The normalized spacial score (nSPS) is 14.3. The Kier molecular flexibility index (Phi) is 7.76. The van der Waals surface area contributed by atoms with Gasteiger partial charge in [-0.2, -0.15) is 0 Å². The third-order valence-electron chi connectivity index (χ3n) is 3.53. The molecule has 2 nitrogen and oxygen atoms in total. The molecule has 1 N–H and O–H groups in total. The lowest BCUT2D eigenvalue weighted by Gasteiger charge is -2.21. The molecule has 1 aromatic carbocycles. The molecule has 2 unspecified atom stereocenters. The molecule has 0 heterocycles. The summed E-state index contributed by atoms with van der Waals surface area (Å²) in [4.78, 5) is 0. The highest BCUT2D eigenvalue weighted by atomic mass is 16.5. The van der Waals surface area contributed by atoms with Gasteiger partial charge in [0.1, 0.15) is 0 Å². The van der Waals surface area contributed by atoms with E-state index in [-0.39, 0.29) is 0 Å². The summed E-state index contributed by atoms with van der Waals surface area (Å²) in [7, 11) is 1.80. The monoisotopic (exact) mass is 263 g/mol. The summed E-state index contributed by atoms with van der Waals surface area (Å²) >= 11 is 0. The van der Waals surface area contributed by atoms with Crippen molar-refractivity contribution in [1.29, 1.82) is 0 Å². The van der Waals surface area contributed by atoms with Crippen LogP contribution in [0.2, 0.25) is 0 Å². The SMILES string of the molecule is CCCNCC(Cc1cccc(C)c1)CC(C)OC. The summed E-state index contributed by atoms with van der Waals surface area (Å²) in [6.45, 7) is 8.70. The van der Waals surface area contributed by atoms with Gasteiger partial charge in [-0.15, -0.1) is 0 Å². The van der Waals surface area contributed by atoms with Crippen LogP contribution in [-0.2, 0) is 11.2 Å². The number of hydrogen-bond acceptors (Lipinski definition) is 2. The molecule has 0 spiro atoms. The molecule has 0 saturated carbocycles. The van der Waals surface area contributed by atoms with Gasteiger partial charge in [0.15, 0.2) is 0 Å². The summed E-state index contributed by atoms with van der Waals surface area (Å²) in [6.07, 6.45) is 3.77. The summed E-state index contributed by atoms with van der Waals surface area (Å²) in [5.41, 5.74) is 2.78. The van der Waals surface area contributed by atoms with E-state index in [4.69, 9.17) is 4.74 Å². The lowest BCUT2D eigenvalue weighted by Crippen LogP contribution is -2.27. The first kappa shape index (κ1) is 16.2. The molecule has 0 radical (unpaired) electrons. The Morgan fingerprint density at radius 3 is 2.74 bits per heavy atom. The first-order valence-corrected chi connectivity index (χ1v) is 7.44. The molecule has 0 aliphatic carbocycles. The van der Waals surface area contributed by atoms with Crippen LogP contribution in [0.1, 0.15) is 37.8 Å². The van der Waals surface area contributed by atoms with Gasteiger partial charge in [-0.1, -0.05) is 36.8 Å². The standard InChI is InChI=1S/C17H29NO/c1-5-9-18-13-17(11-15(3)19-4)12-16-8-6-7-14(2)10-16/h6-8,10,15,17-18H,5,9,11-13H2,1-4H3. The second kappa shape index (κ2) is 9.11. The number of hydrogen-bond donors (Lipinski definition) is 1. The maximum Gasteiger partial charge on any atom is 0.0546 e. The number of aryl methyl sites for hydroxylation is 1. The maximum absolute atomic E-state index is 5.42. The molecular formula is C17H29NO. The zero-order chi connectivity index (χ0) is 14.1. The van der Waals surface area contributed by atoms with Crippen LogP contribution in [0.3, 0.4) is 0 Å². The summed E-state index contributed by atoms with van der Waals surface area (Å²) in [5, 5.41) is 3.54. The summed E-state index contributed by atoms with van der Waals surface area (Å²) in [5.74, 6) is 0.642. The molecule has 19 heavy (non-hydrogen) atoms. The van der Waals surface area contributed by atoms with E-state index in [0.717, 1.165) is 25.9 Å². The van der Waals surface area contributed by atoms with Gasteiger partial charge < -0.3 is 10.1 Å². The van der Waals surface area contributed by atoms with Gasteiger partial charge in [-0.3, -0.25) is 0 Å². The average Bonchev–Trinajstić information content (AvgIpc) is 2.38. The van der Waals surface area contributed by atoms with Crippen LogP contribution < -0.4 is 5.32 Å². The molecule has 0 bridgehead atoms. The summed E-state index contributed by atoms with van der Waals surface area (Å²) in [6, 6.07) is 8.84. The van der Waals surface area contributed by atoms with E-state index < -0.39 is 0 Å². The Balaban J connectivity index is 2.56. The molecule has 0 aliphatic heterocycles. The predicted octanol–water partition coefficient (Wildman–Crippen LogP) is 3.58. The number of nitrogens with one attached hydrogen (secondary N) is 1. The van der Waals surface area contributed by atoms with E-state index in [0.29, 0.717) is 12.0 Å². The van der Waals surface area contributed by atoms with E-state index >= 15 is 0 Å². The quantitative estimate of drug-likeness (QED) is 0.688. The molecule has 0 fully saturated rings. The first-order valence-electron chi connectivity index (χ1n) is 7.44. The Hall–Kier alpha value is -0.860. The molecule has 2 heteroatoms. The average molecular weight is 263 g/mol. The van der Waals surface area contributed by atoms with E-state index in [1.165, 1.54) is 17.5 Å². The smallest absolute Gasteiger partial charge is 0.0546 e. The van der Waals surface area contributed by atoms with Crippen molar-refractivity contribution in [3.63, 3.8) is 0 Å². The Morgan fingerprint density at radius 2 is 2.11 bits per heavy atom. The Bertz CT molecular complexity index is 351. The molecule has 2 atom stereocenters. The second-order valence-electron chi connectivity index (χ2n) is 5.55. The highest BCUT2D eigenvalue weighted by molar-refractivity contribution is 5.22. The third kappa shape index (κ3) is 6.74. The molecule has 108 valence electrons. The molecular weight excluding hydrogens is 234 g/mol. The van der Waals surface area contributed by atoms with Crippen molar-refractivity contribution in [2.75, 3.05) is 20.2 Å². The van der Waals surface area contributed by atoms with Crippen molar-refractivity contribution in [2.24, 2.45) is 5.92 Å². The maximum atomic E-state index is 5.42. The molecule has 1 aromatic rings. The predicted molar refractivity (Wildman–Crippen MR) is 82.6 cm³/mol. The zero-order valence-corrected chi connectivity index (χ0v) is 12.9. The topological polar surface area (TPSA) is 21.3 Å². The van der Waals surface area contributed by atoms with Crippen molar-refractivity contribution in [3.8, 4) is 0 Å². The van der Waals surface area contributed by atoms with Crippen LogP contribution in [0.25, 0.3) is 0 Å². The molecule has 0 aromatic heterocycles. The highest BCUT2D eigenvalue weighted by Crippen LogP contribution is 2.16. The van der Waals surface area contributed by atoms with Crippen molar-refractivity contribution in [2.45, 2.75) is 46.1 Å². The number of methoxy groups -OCH3 is 1. The minimum Gasteiger partial charge on any atom is -0.382 e. The molecule has 0 saturated heterocycles. The van der Waals surface area contributed by atoms with Gasteiger partial charge in [0.2, 0.25) is 0 Å². The Labute approximate surface area is 118 Å². The van der Waals surface area contributed by atoms with Crippen molar-refractivity contribution >= 4 is 0 Å². The van der Waals surface area contributed by atoms with Crippen LogP contribution in [0.15, 0.2) is 24.3 Å². The van der Waals surface area contributed by atoms with Gasteiger partial charge in [0.25, 0.3) is 0 Å². The van der Waals surface area contributed by atoms with Gasteiger partial charge >= 0.3 is 0 Å². The van der Waals surface area contributed by atoms with Crippen LogP contribution in [0.4, 0.5) is 0 Å². The number of benzene rings is 1. The third-order valence-corrected chi connectivity index (χ3v) is 3.53. The second-order valence-corrected chi connectivity index (χ2v) is 5.55. The minimum atomic E-state index is 0.332. The molecule has 0 aliphatic rings. The van der Waals surface area contributed by atoms with Crippen LogP contribution in [-0.4, -0.2) is 26.3 Å². The lowest BCUT2D eigenvalue weighted by atomic mass is 9.93. The number of ether oxygens (including phenoxy) is 1. The van der Waals surface area contributed by atoms with Crippen LogP contribution in [0.5, 0.6) is 0 Å². The van der Waals surface area contributed by atoms with E-state index in [1.807, 2.05) is 0 Å². The van der Waals surface area contributed by atoms with Crippen molar-refractivity contribution in [1.82, 2.24) is 5.32 Å². The highest BCUT2D eigenvalue weighted by Gasteiger charge is 2.13. The Morgan fingerprint density at radius 1 is 1.32 bits per heavy atom. The van der Waals surface area contributed by atoms with E-state index in [9.17, 15) is 0 Å². The fourth-order valence-electron chi connectivity index (χ4n) is 2.46. The molecule has 0 amide bonds. The van der Waals surface area contributed by atoms with E-state index in [1.54, 1.807) is 7.11 Å². The first-order chi connectivity index (χ1) is 9.15. The molecule has 1 rings (SSSR count). The van der Waals surface area contributed by atoms with Gasteiger partial charge in [-0.25, -0.2) is 0 Å². The van der Waals surface area contributed by atoms with Crippen LogP contribution in [0, 0.1) is 12.8 Å². The minimum absolute atomic E-state index is 0.332. The van der Waals surface area contributed by atoms with Gasteiger partial charge in [0, 0.05) is 7.11 Å². The number of rotatable bonds is 9. The lowest BCUT2D eigenvalue weighted by molar-refractivity contribution is 0.0946. The van der Waals surface area contributed by atoms with Crippen LogP contribution >= 0.6 is 0 Å². The van der Waals surface area contributed by atoms with Crippen molar-refractivity contribution in [3.05, 3.63) is 35.4 Å². The fraction of sp³-hybridized carbons (Fsp3) is 0.647. The zero-order valence-electron chi connectivity index (χ0n) is 12.9. The fourth-order valence-corrected chi connectivity index (χ4v) is 2.46. The van der Waals surface area contributed by atoms with Gasteiger partial charge in [-0.05, 0) is 57.7 Å². The van der Waals surface area contributed by atoms with Crippen molar-refractivity contribution < 1.29 is 4.74 Å². The largest absolute Gasteiger partial charge is 0.382 e. The van der Waals surface area contributed by atoms with E-state index in [2.05, 4.69) is 50.4 Å². The summed E-state index contributed by atoms with van der Waals surface area (Å²) < 4.78 is 5.42. The van der Waals surface area contributed by atoms with Gasteiger partial charge in [0.05, 0.1) is 6.10 Å².